The second-order valence-corrected chi connectivity index (χ2v) is 5.05. The molecule has 2 aromatic heterocycles. The van der Waals surface area contributed by atoms with Crippen LogP contribution in [-0.4, -0.2) is 25.7 Å². The van der Waals surface area contributed by atoms with Crippen molar-refractivity contribution in [1.29, 1.82) is 0 Å². The molecule has 21 heavy (non-hydrogen) atoms. The standard InChI is InChI=1S/C14H12FN5O/c15-10-6-12-11(16-7-17-12)5-9(10)14(21)18-13-4-8-2-1-3-20(8)19-13/h4-7H,1-3H2,(H,16,17)(H,18,19,21). The van der Waals surface area contributed by atoms with Gasteiger partial charge in [-0.3, -0.25) is 9.48 Å². The van der Waals surface area contributed by atoms with E-state index in [4.69, 9.17) is 0 Å². The quantitative estimate of drug-likeness (QED) is 0.757. The fraction of sp³-hybridized carbons (Fsp3) is 0.214. The van der Waals surface area contributed by atoms with Crippen molar-refractivity contribution in [2.24, 2.45) is 0 Å². The number of aromatic amines is 1. The van der Waals surface area contributed by atoms with Gasteiger partial charge in [0.15, 0.2) is 5.82 Å². The first-order valence-corrected chi connectivity index (χ1v) is 6.71. The molecule has 7 heteroatoms. The van der Waals surface area contributed by atoms with Gasteiger partial charge in [-0.2, -0.15) is 5.10 Å². The number of nitrogens with one attached hydrogen (secondary N) is 2. The van der Waals surface area contributed by atoms with Crippen molar-refractivity contribution >= 4 is 22.8 Å². The van der Waals surface area contributed by atoms with Gasteiger partial charge in [0.05, 0.1) is 22.9 Å². The maximum absolute atomic E-state index is 14.0. The maximum Gasteiger partial charge on any atom is 0.259 e. The second kappa shape index (κ2) is 4.41. The van der Waals surface area contributed by atoms with E-state index in [1.54, 1.807) is 0 Å². The van der Waals surface area contributed by atoms with E-state index < -0.39 is 11.7 Å². The van der Waals surface area contributed by atoms with E-state index in [2.05, 4.69) is 20.4 Å². The molecule has 0 saturated heterocycles. The lowest BCUT2D eigenvalue weighted by Crippen LogP contribution is -2.14. The SMILES string of the molecule is O=C(Nc1cc2n(n1)CCC2)c1cc2nc[nH]c2cc1F. The zero-order valence-electron chi connectivity index (χ0n) is 11.1. The molecule has 0 spiro atoms. The Morgan fingerprint density at radius 3 is 3.14 bits per heavy atom. The number of hydrogen-bond acceptors (Lipinski definition) is 3. The zero-order valence-corrected chi connectivity index (χ0v) is 11.1. The molecule has 1 aromatic carbocycles. The molecule has 0 bridgehead atoms. The molecule has 0 radical (unpaired) electrons. The molecule has 0 unspecified atom stereocenters. The third-order valence-corrected chi connectivity index (χ3v) is 3.66. The van der Waals surface area contributed by atoms with Gasteiger partial charge in [-0.05, 0) is 18.9 Å². The van der Waals surface area contributed by atoms with Gasteiger partial charge in [0.25, 0.3) is 5.91 Å². The normalized spacial score (nSPS) is 13.6. The lowest BCUT2D eigenvalue weighted by molar-refractivity contribution is 0.102. The molecular formula is C14H12FN5O. The van der Waals surface area contributed by atoms with Crippen LogP contribution in [0.25, 0.3) is 11.0 Å². The van der Waals surface area contributed by atoms with Crippen LogP contribution in [0.2, 0.25) is 0 Å². The number of benzene rings is 1. The first-order chi connectivity index (χ1) is 10.2. The number of amides is 1. The second-order valence-electron chi connectivity index (χ2n) is 5.05. The first kappa shape index (κ1) is 12.1. The fourth-order valence-electron chi connectivity index (χ4n) is 2.63. The van der Waals surface area contributed by atoms with Gasteiger partial charge in [0, 0.05) is 24.4 Å². The number of carbonyl (C=O) groups excluding carboxylic acids is 1. The topological polar surface area (TPSA) is 75.6 Å². The predicted molar refractivity (Wildman–Crippen MR) is 74.6 cm³/mol. The Hall–Kier alpha value is -2.70. The third-order valence-electron chi connectivity index (χ3n) is 3.66. The minimum atomic E-state index is -0.587. The van der Waals surface area contributed by atoms with Gasteiger partial charge in [0.1, 0.15) is 5.82 Å². The largest absolute Gasteiger partial charge is 0.345 e. The average Bonchev–Trinajstić information content (AvgIpc) is 3.11. The fourth-order valence-corrected chi connectivity index (χ4v) is 2.63. The van der Waals surface area contributed by atoms with Crippen molar-refractivity contribution < 1.29 is 9.18 Å². The van der Waals surface area contributed by atoms with Crippen LogP contribution in [0.4, 0.5) is 10.2 Å². The lowest BCUT2D eigenvalue weighted by atomic mass is 10.1. The Labute approximate surface area is 119 Å². The van der Waals surface area contributed by atoms with Gasteiger partial charge in [-0.1, -0.05) is 0 Å². The summed E-state index contributed by atoms with van der Waals surface area (Å²) in [6.07, 6.45) is 3.49. The highest BCUT2D eigenvalue weighted by Crippen LogP contribution is 2.20. The van der Waals surface area contributed by atoms with Crippen LogP contribution < -0.4 is 5.32 Å². The summed E-state index contributed by atoms with van der Waals surface area (Å²) in [6, 6.07) is 4.53. The van der Waals surface area contributed by atoms with E-state index in [0.29, 0.717) is 16.9 Å². The Bertz CT molecular complexity index is 829. The summed E-state index contributed by atoms with van der Waals surface area (Å²) < 4.78 is 15.8. The molecular weight excluding hydrogens is 273 g/mol. The number of fused-ring (bicyclic) bond motifs is 2. The maximum atomic E-state index is 14.0. The summed E-state index contributed by atoms with van der Waals surface area (Å²) in [5.74, 6) is -0.651. The van der Waals surface area contributed by atoms with Gasteiger partial charge in [-0.25, -0.2) is 9.37 Å². The van der Waals surface area contributed by atoms with Crippen LogP contribution in [0.3, 0.4) is 0 Å². The number of carbonyl (C=O) groups is 1. The summed E-state index contributed by atoms with van der Waals surface area (Å²) in [7, 11) is 0. The number of halogens is 1. The number of rotatable bonds is 2. The molecule has 1 aliphatic heterocycles. The van der Waals surface area contributed by atoms with Gasteiger partial charge < -0.3 is 10.3 Å². The van der Waals surface area contributed by atoms with E-state index in [9.17, 15) is 9.18 Å². The zero-order chi connectivity index (χ0) is 14.4. The first-order valence-electron chi connectivity index (χ1n) is 6.71. The van der Waals surface area contributed by atoms with Gasteiger partial charge in [0.2, 0.25) is 0 Å². The van der Waals surface area contributed by atoms with Crippen molar-refractivity contribution in [2.75, 3.05) is 5.32 Å². The number of nitrogens with zero attached hydrogens (tertiary/aromatic N) is 3. The number of imidazole rings is 1. The van der Waals surface area contributed by atoms with Crippen molar-refractivity contribution in [3.63, 3.8) is 0 Å². The van der Waals surface area contributed by atoms with E-state index in [0.717, 1.165) is 25.1 Å². The molecule has 0 saturated carbocycles. The number of aromatic nitrogens is 4. The summed E-state index contributed by atoms with van der Waals surface area (Å²) in [5, 5.41) is 6.92. The molecule has 3 heterocycles. The monoisotopic (exact) mass is 285 g/mol. The summed E-state index contributed by atoms with van der Waals surface area (Å²) in [5.41, 5.74) is 2.16. The number of aryl methyl sites for hydroxylation is 2. The number of anilines is 1. The smallest absolute Gasteiger partial charge is 0.259 e. The van der Waals surface area contributed by atoms with Crippen molar-refractivity contribution in [2.45, 2.75) is 19.4 Å². The minimum Gasteiger partial charge on any atom is -0.345 e. The Morgan fingerprint density at radius 2 is 2.29 bits per heavy atom. The molecule has 4 rings (SSSR count). The summed E-state index contributed by atoms with van der Waals surface area (Å²) >= 11 is 0. The van der Waals surface area contributed by atoms with Crippen molar-refractivity contribution in [1.82, 2.24) is 19.7 Å². The number of hydrogen-bond donors (Lipinski definition) is 2. The van der Waals surface area contributed by atoms with Gasteiger partial charge in [-0.15, -0.1) is 0 Å². The number of H-pyrrole nitrogens is 1. The average molecular weight is 285 g/mol. The molecule has 2 N–H and O–H groups in total. The molecule has 0 fully saturated rings. The van der Waals surface area contributed by atoms with E-state index >= 15 is 0 Å². The molecule has 3 aromatic rings. The highest BCUT2D eigenvalue weighted by molar-refractivity contribution is 6.05. The van der Waals surface area contributed by atoms with Gasteiger partial charge >= 0.3 is 0 Å². The predicted octanol–water partition coefficient (Wildman–Crippen LogP) is 2.10. The Balaban J connectivity index is 1.64. The lowest BCUT2D eigenvalue weighted by Gasteiger charge is -2.04. The van der Waals surface area contributed by atoms with Crippen LogP contribution in [-0.2, 0) is 13.0 Å². The summed E-state index contributed by atoms with van der Waals surface area (Å²) in [4.78, 5) is 19.0. The van der Waals surface area contributed by atoms with Crippen LogP contribution in [0.15, 0.2) is 24.5 Å². The third kappa shape index (κ3) is 1.97. The molecule has 0 atom stereocenters. The minimum absolute atomic E-state index is 0.0391. The Morgan fingerprint density at radius 1 is 1.38 bits per heavy atom. The van der Waals surface area contributed by atoms with Crippen LogP contribution >= 0.6 is 0 Å². The highest BCUT2D eigenvalue weighted by atomic mass is 19.1. The summed E-state index contributed by atoms with van der Waals surface area (Å²) in [6.45, 7) is 0.860. The van der Waals surface area contributed by atoms with Crippen LogP contribution in [0.1, 0.15) is 22.5 Å². The molecule has 1 amide bonds. The molecule has 1 aliphatic rings. The van der Waals surface area contributed by atoms with Crippen molar-refractivity contribution in [3.05, 3.63) is 41.6 Å². The molecule has 6 nitrogen and oxygen atoms in total. The van der Waals surface area contributed by atoms with E-state index in [-0.39, 0.29) is 5.56 Å². The van der Waals surface area contributed by atoms with Crippen LogP contribution in [0, 0.1) is 5.82 Å². The van der Waals surface area contributed by atoms with Crippen LogP contribution in [0.5, 0.6) is 0 Å². The molecule has 0 aliphatic carbocycles. The Kier molecular flexibility index (Phi) is 2.53. The van der Waals surface area contributed by atoms with E-state index in [1.807, 2.05) is 10.7 Å². The molecule has 106 valence electrons. The van der Waals surface area contributed by atoms with E-state index in [1.165, 1.54) is 18.5 Å². The van der Waals surface area contributed by atoms with Crippen molar-refractivity contribution in [3.8, 4) is 0 Å². The highest BCUT2D eigenvalue weighted by Gasteiger charge is 2.18.